The second-order valence-corrected chi connectivity index (χ2v) is 5.93. The summed E-state index contributed by atoms with van der Waals surface area (Å²) in [5.41, 5.74) is 3.11. The zero-order valence-corrected chi connectivity index (χ0v) is 11.8. The Balaban J connectivity index is 1.81. The first kappa shape index (κ1) is 12.4. The molecule has 1 aromatic carbocycles. The van der Waals surface area contributed by atoms with Crippen molar-refractivity contribution in [2.45, 2.75) is 20.3 Å². The lowest BCUT2D eigenvalue weighted by Crippen LogP contribution is -2.14. The van der Waals surface area contributed by atoms with E-state index in [4.69, 9.17) is 0 Å². The smallest absolute Gasteiger partial charge is 0.228 e. The fourth-order valence-corrected chi connectivity index (χ4v) is 3.01. The third-order valence-corrected chi connectivity index (χ3v) is 4.52. The van der Waals surface area contributed by atoms with Crippen LogP contribution in [0.15, 0.2) is 30.3 Å². The second-order valence-electron chi connectivity index (χ2n) is 5.16. The number of aromatic nitrogens is 1. The molecule has 0 radical (unpaired) electrons. The van der Waals surface area contributed by atoms with Gasteiger partial charge >= 0.3 is 0 Å². The third-order valence-electron chi connectivity index (χ3n) is 3.65. The van der Waals surface area contributed by atoms with Crippen molar-refractivity contribution in [1.29, 1.82) is 0 Å². The summed E-state index contributed by atoms with van der Waals surface area (Å²) in [7, 11) is 0. The highest BCUT2D eigenvalue weighted by atomic mass is 32.1. The van der Waals surface area contributed by atoms with Crippen LogP contribution in [0.4, 0.5) is 5.00 Å². The van der Waals surface area contributed by atoms with Crippen molar-refractivity contribution in [3.05, 3.63) is 35.9 Å². The number of nitrogens with one attached hydrogen (secondary N) is 1. The molecule has 1 heterocycles. The monoisotopic (exact) mass is 272 g/mol. The van der Waals surface area contributed by atoms with E-state index in [-0.39, 0.29) is 11.8 Å². The first-order valence-electron chi connectivity index (χ1n) is 6.49. The van der Waals surface area contributed by atoms with Gasteiger partial charge in [0.05, 0.1) is 5.69 Å². The molecule has 1 aliphatic carbocycles. The Morgan fingerprint density at radius 3 is 2.68 bits per heavy atom. The number of amides is 1. The quantitative estimate of drug-likeness (QED) is 0.925. The number of carbonyl (C=O) groups excluding carboxylic acids is 1. The van der Waals surface area contributed by atoms with Gasteiger partial charge in [-0.3, -0.25) is 4.79 Å². The highest BCUT2D eigenvalue weighted by molar-refractivity contribution is 7.10. The largest absolute Gasteiger partial charge is 0.316 e. The summed E-state index contributed by atoms with van der Waals surface area (Å²) in [5, 5.41) is 3.89. The van der Waals surface area contributed by atoms with Crippen LogP contribution in [0, 0.1) is 18.8 Å². The lowest BCUT2D eigenvalue weighted by Gasteiger charge is -2.03. The molecule has 1 aliphatic rings. The first-order valence-corrected chi connectivity index (χ1v) is 7.26. The fraction of sp³-hybridized carbons (Fsp3) is 0.333. The molecule has 0 saturated heterocycles. The van der Waals surface area contributed by atoms with Crippen molar-refractivity contribution in [2.75, 3.05) is 5.32 Å². The van der Waals surface area contributed by atoms with E-state index in [2.05, 4.69) is 16.6 Å². The van der Waals surface area contributed by atoms with Crippen molar-refractivity contribution >= 4 is 22.4 Å². The van der Waals surface area contributed by atoms with Crippen LogP contribution >= 0.6 is 11.5 Å². The molecule has 0 bridgehead atoms. The maximum Gasteiger partial charge on any atom is 0.228 e. The van der Waals surface area contributed by atoms with E-state index in [1.807, 2.05) is 37.3 Å². The molecule has 0 unspecified atom stereocenters. The van der Waals surface area contributed by atoms with E-state index in [1.54, 1.807) is 0 Å². The Bertz CT molecular complexity index is 606. The van der Waals surface area contributed by atoms with Crippen LogP contribution in [-0.4, -0.2) is 10.3 Å². The number of hydrogen-bond donors (Lipinski definition) is 1. The topological polar surface area (TPSA) is 42.0 Å². The molecule has 2 aromatic rings. The van der Waals surface area contributed by atoms with Crippen LogP contribution in [0.1, 0.15) is 18.9 Å². The summed E-state index contributed by atoms with van der Waals surface area (Å²) >= 11 is 1.36. The van der Waals surface area contributed by atoms with Crippen LogP contribution in [0.3, 0.4) is 0 Å². The van der Waals surface area contributed by atoms with Gasteiger partial charge in [-0.05, 0) is 30.8 Å². The second kappa shape index (κ2) is 4.78. The van der Waals surface area contributed by atoms with Crippen molar-refractivity contribution in [3.63, 3.8) is 0 Å². The van der Waals surface area contributed by atoms with Gasteiger partial charge in [0, 0.05) is 17.0 Å². The minimum absolute atomic E-state index is 0.138. The molecule has 2 atom stereocenters. The lowest BCUT2D eigenvalue weighted by molar-refractivity contribution is -0.117. The molecule has 1 fully saturated rings. The Hall–Kier alpha value is -1.68. The standard InChI is InChI=1S/C15H16N2OS/c1-9-8-12(9)14(18)16-15-10(2)13(17-19-15)11-6-4-3-5-7-11/h3-7,9,12H,8H2,1-2H3,(H,16,18)/t9-,12-/m1/s1. The number of carbonyl (C=O) groups is 1. The van der Waals surface area contributed by atoms with E-state index in [0.29, 0.717) is 5.92 Å². The minimum Gasteiger partial charge on any atom is -0.316 e. The summed E-state index contributed by atoms with van der Waals surface area (Å²) in [4.78, 5) is 12.0. The van der Waals surface area contributed by atoms with E-state index in [9.17, 15) is 4.79 Å². The third kappa shape index (κ3) is 2.40. The molecular weight excluding hydrogens is 256 g/mol. The van der Waals surface area contributed by atoms with E-state index < -0.39 is 0 Å². The van der Waals surface area contributed by atoms with Crippen molar-refractivity contribution in [3.8, 4) is 11.3 Å². The molecule has 3 rings (SSSR count). The SMILES string of the molecule is Cc1c(-c2ccccc2)nsc1NC(=O)[C@@H]1C[C@H]1C. The highest BCUT2D eigenvalue weighted by Gasteiger charge is 2.39. The van der Waals surface area contributed by atoms with Gasteiger partial charge in [-0.1, -0.05) is 37.3 Å². The van der Waals surface area contributed by atoms with Crippen LogP contribution in [0.25, 0.3) is 11.3 Å². The zero-order valence-electron chi connectivity index (χ0n) is 11.0. The Morgan fingerprint density at radius 1 is 1.37 bits per heavy atom. The molecule has 3 nitrogen and oxygen atoms in total. The molecule has 4 heteroatoms. The Labute approximate surface area is 116 Å². The maximum absolute atomic E-state index is 12.0. The van der Waals surface area contributed by atoms with Gasteiger partial charge in [0.25, 0.3) is 0 Å². The molecule has 98 valence electrons. The van der Waals surface area contributed by atoms with Crippen LogP contribution in [0.5, 0.6) is 0 Å². The van der Waals surface area contributed by atoms with Crippen molar-refractivity contribution < 1.29 is 4.79 Å². The summed E-state index contributed by atoms with van der Waals surface area (Å²) in [6.07, 6.45) is 1.01. The molecule has 19 heavy (non-hydrogen) atoms. The zero-order chi connectivity index (χ0) is 13.4. The molecular formula is C15H16N2OS. The molecule has 1 amide bonds. The fourth-order valence-electron chi connectivity index (χ4n) is 2.21. The molecule has 1 aromatic heterocycles. The summed E-state index contributed by atoms with van der Waals surface area (Å²) in [6, 6.07) is 10.1. The van der Waals surface area contributed by atoms with Crippen LogP contribution < -0.4 is 5.32 Å². The highest BCUT2D eigenvalue weighted by Crippen LogP contribution is 2.39. The van der Waals surface area contributed by atoms with Crippen molar-refractivity contribution in [2.24, 2.45) is 11.8 Å². The van der Waals surface area contributed by atoms with Gasteiger partial charge in [-0.15, -0.1) is 0 Å². The summed E-state index contributed by atoms with van der Waals surface area (Å²) < 4.78 is 4.46. The van der Waals surface area contributed by atoms with Gasteiger partial charge < -0.3 is 5.32 Å². The summed E-state index contributed by atoms with van der Waals surface area (Å²) in [6.45, 7) is 4.12. The Kier molecular flexibility index (Phi) is 3.11. The average molecular weight is 272 g/mol. The lowest BCUT2D eigenvalue weighted by atomic mass is 10.1. The molecule has 0 spiro atoms. The maximum atomic E-state index is 12.0. The van der Waals surface area contributed by atoms with E-state index >= 15 is 0 Å². The average Bonchev–Trinajstić information content (AvgIpc) is 3.05. The number of hydrogen-bond acceptors (Lipinski definition) is 3. The number of anilines is 1. The van der Waals surface area contributed by atoms with Crippen molar-refractivity contribution in [1.82, 2.24) is 4.37 Å². The predicted molar refractivity (Wildman–Crippen MR) is 78.2 cm³/mol. The van der Waals surface area contributed by atoms with Gasteiger partial charge in [0.15, 0.2) is 0 Å². The van der Waals surface area contributed by atoms with Gasteiger partial charge in [-0.2, -0.15) is 4.37 Å². The molecule has 1 saturated carbocycles. The minimum atomic E-state index is 0.138. The van der Waals surface area contributed by atoms with Gasteiger partial charge in [0.2, 0.25) is 5.91 Å². The predicted octanol–water partition coefficient (Wildman–Crippen LogP) is 3.71. The number of benzene rings is 1. The van der Waals surface area contributed by atoms with Gasteiger partial charge in [-0.25, -0.2) is 0 Å². The van der Waals surface area contributed by atoms with Gasteiger partial charge in [0.1, 0.15) is 5.00 Å². The Morgan fingerprint density at radius 2 is 2.05 bits per heavy atom. The van der Waals surface area contributed by atoms with E-state index in [1.165, 1.54) is 11.5 Å². The van der Waals surface area contributed by atoms with E-state index in [0.717, 1.165) is 28.2 Å². The normalized spacial score (nSPS) is 21.2. The number of rotatable bonds is 3. The van der Waals surface area contributed by atoms with Crippen LogP contribution in [-0.2, 0) is 4.79 Å². The first-order chi connectivity index (χ1) is 9.16. The molecule has 1 N–H and O–H groups in total. The summed E-state index contributed by atoms with van der Waals surface area (Å²) in [5.74, 6) is 0.863. The van der Waals surface area contributed by atoms with Crippen LogP contribution in [0.2, 0.25) is 0 Å². The molecule has 0 aliphatic heterocycles. The number of nitrogens with zero attached hydrogens (tertiary/aromatic N) is 1.